The van der Waals surface area contributed by atoms with Crippen molar-refractivity contribution in [2.75, 3.05) is 46.5 Å². The average Bonchev–Trinajstić information content (AvgIpc) is 3.17. The Hall–Kier alpha value is -1.63. The second-order valence-electron chi connectivity index (χ2n) is 6.33. The Bertz CT molecular complexity index is 540. The van der Waals surface area contributed by atoms with Crippen molar-refractivity contribution in [3.05, 3.63) is 29.8 Å². The number of hydrogen-bond donors (Lipinski definition) is 2. The fourth-order valence-electron chi connectivity index (χ4n) is 3.49. The van der Waals surface area contributed by atoms with Gasteiger partial charge < -0.3 is 20.1 Å². The van der Waals surface area contributed by atoms with Gasteiger partial charge in [0, 0.05) is 18.7 Å². The van der Waals surface area contributed by atoms with E-state index < -0.39 is 0 Å². The normalized spacial score (nSPS) is 23.0. The molecule has 6 heteroatoms. The van der Waals surface area contributed by atoms with E-state index in [9.17, 15) is 4.79 Å². The number of nitrogens with one attached hydrogen (secondary N) is 2. The van der Waals surface area contributed by atoms with Crippen molar-refractivity contribution >= 4 is 5.91 Å². The first-order chi connectivity index (χ1) is 11.8. The molecular weight excluding hydrogens is 306 g/mol. The number of rotatable bonds is 6. The molecule has 0 spiro atoms. The Morgan fingerprint density at radius 3 is 2.92 bits per heavy atom. The van der Waals surface area contributed by atoms with Crippen LogP contribution in [0, 0.1) is 0 Å². The van der Waals surface area contributed by atoms with Gasteiger partial charge in [-0.25, -0.2) is 0 Å². The number of benzene rings is 1. The predicted molar refractivity (Wildman–Crippen MR) is 92.2 cm³/mol. The summed E-state index contributed by atoms with van der Waals surface area (Å²) >= 11 is 0. The van der Waals surface area contributed by atoms with Crippen LogP contribution in [0.5, 0.6) is 5.75 Å². The smallest absolute Gasteiger partial charge is 0.239 e. The SMILES string of the molecule is COc1ccccc1C(CNC(=O)C1COCCN1)N1CCCC1. The summed E-state index contributed by atoms with van der Waals surface area (Å²) in [6, 6.07) is 7.96. The Morgan fingerprint density at radius 1 is 1.42 bits per heavy atom. The maximum atomic E-state index is 12.4. The summed E-state index contributed by atoms with van der Waals surface area (Å²) < 4.78 is 10.9. The van der Waals surface area contributed by atoms with Crippen LogP contribution in [0.1, 0.15) is 24.4 Å². The number of carbonyl (C=O) groups excluding carboxylic acids is 1. The van der Waals surface area contributed by atoms with E-state index in [1.165, 1.54) is 12.8 Å². The molecule has 0 saturated carbocycles. The predicted octanol–water partition coefficient (Wildman–Crippen LogP) is 0.937. The van der Waals surface area contributed by atoms with E-state index in [1.807, 2.05) is 18.2 Å². The van der Waals surface area contributed by atoms with Crippen molar-refractivity contribution in [3.63, 3.8) is 0 Å². The van der Waals surface area contributed by atoms with Crippen LogP contribution in [-0.2, 0) is 9.53 Å². The van der Waals surface area contributed by atoms with Crippen molar-refractivity contribution in [3.8, 4) is 5.75 Å². The van der Waals surface area contributed by atoms with Gasteiger partial charge in [0.15, 0.2) is 0 Å². The number of carbonyl (C=O) groups is 1. The molecule has 2 fully saturated rings. The molecule has 2 heterocycles. The van der Waals surface area contributed by atoms with Gasteiger partial charge in [-0.05, 0) is 32.0 Å². The zero-order valence-corrected chi connectivity index (χ0v) is 14.3. The Kier molecular flexibility index (Phi) is 6.07. The maximum Gasteiger partial charge on any atom is 0.239 e. The number of ether oxygens (including phenoxy) is 2. The van der Waals surface area contributed by atoms with E-state index in [-0.39, 0.29) is 18.0 Å². The summed E-state index contributed by atoms with van der Waals surface area (Å²) in [5.41, 5.74) is 1.13. The molecule has 0 aliphatic carbocycles. The van der Waals surface area contributed by atoms with E-state index in [0.717, 1.165) is 30.9 Å². The molecule has 2 unspecified atom stereocenters. The molecule has 6 nitrogen and oxygen atoms in total. The maximum absolute atomic E-state index is 12.4. The molecule has 0 radical (unpaired) electrons. The van der Waals surface area contributed by atoms with Crippen LogP contribution in [0.2, 0.25) is 0 Å². The van der Waals surface area contributed by atoms with Gasteiger partial charge in [-0.15, -0.1) is 0 Å². The van der Waals surface area contributed by atoms with Gasteiger partial charge in [0.1, 0.15) is 11.8 Å². The van der Waals surface area contributed by atoms with Gasteiger partial charge in [-0.1, -0.05) is 18.2 Å². The number of likely N-dealkylation sites (tertiary alicyclic amines) is 1. The Labute approximate surface area is 143 Å². The minimum atomic E-state index is -0.254. The summed E-state index contributed by atoms with van der Waals surface area (Å²) in [5.74, 6) is 0.886. The summed E-state index contributed by atoms with van der Waals surface area (Å²) in [7, 11) is 1.70. The molecule has 132 valence electrons. The monoisotopic (exact) mass is 333 g/mol. The topological polar surface area (TPSA) is 62.8 Å². The number of morpholine rings is 1. The lowest BCUT2D eigenvalue weighted by Gasteiger charge is -2.30. The van der Waals surface area contributed by atoms with E-state index >= 15 is 0 Å². The van der Waals surface area contributed by atoms with Crippen LogP contribution in [0.15, 0.2) is 24.3 Å². The molecule has 2 atom stereocenters. The summed E-state index contributed by atoms with van der Waals surface area (Å²) in [6.07, 6.45) is 2.41. The lowest BCUT2D eigenvalue weighted by Crippen LogP contribution is -2.52. The third-order valence-corrected chi connectivity index (χ3v) is 4.79. The molecule has 1 aromatic rings. The molecule has 0 bridgehead atoms. The lowest BCUT2D eigenvalue weighted by molar-refractivity contribution is -0.126. The highest BCUT2D eigenvalue weighted by Crippen LogP contribution is 2.31. The first kappa shape index (κ1) is 17.2. The highest BCUT2D eigenvalue weighted by molar-refractivity contribution is 5.82. The minimum absolute atomic E-state index is 0.00814. The Balaban J connectivity index is 1.69. The van der Waals surface area contributed by atoms with E-state index in [2.05, 4.69) is 21.6 Å². The van der Waals surface area contributed by atoms with E-state index in [0.29, 0.717) is 19.8 Å². The lowest BCUT2D eigenvalue weighted by atomic mass is 10.0. The van der Waals surface area contributed by atoms with Crippen LogP contribution in [-0.4, -0.2) is 63.4 Å². The summed E-state index contributed by atoms with van der Waals surface area (Å²) in [6.45, 7) is 4.53. The standard InChI is InChI=1S/C18H27N3O3/c1-23-17-7-3-2-6-14(17)16(21-9-4-5-10-21)12-20-18(22)15-13-24-11-8-19-15/h2-3,6-7,15-16,19H,4-5,8-13H2,1H3,(H,20,22). The van der Waals surface area contributed by atoms with E-state index in [1.54, 1.807) is 7.11 Å². The first-order valence-electron chi connectivity index (χ1n) is 8.75. The van der Waals surface area contributed by atoms with Gasteiger partial charge in [-0.3, -0.25) is 9.69 Å². The molecule has 3 rings (SSSR count). The minimum Gasteiger partial charge on any atom is -0.496 e. The first-order valence-corrected chi connectivity index (χ1v) is 8.75. The van der Waals surface area contributed by atoms with Crippen LogP contribution in [0.3, 0.4) is 0 Å². The molecule has 2 N–H and O–H groups in total. The average molecular weight is 333 g/mol. The third-order valence-electron chi connectivity index (χ3n) is 4.79. The van der Waals surface area contributed by atoms with Crippen molar-refractivity contribution in [2.24, 2.45) is 0 Å². The number of hydrogen-bond acceptors (Lipinski definition) is 5. The molecule has 2 aliphatic heterocycles. The largest absolute Gasteiger partial charge is 0.496 e. The van der Waals surface area contributed by atoms with Gasteiger partial charge >= 0.3 is 0 Å². The van der Waals surface area contributed by atoms with Crippen LogP contribution in [0.4, 0.5) is 0 Å². The van der Waals surface area contributed by atoms with Crippen molar-refractivity contribution in [1.82, 2.24) is 15.5 Å². The molecule has 24 heavy (non-hydrogen) atoms. The number of nitrogens with zero attached hydrogens (tertiary/aromatic N) is 1. The highest BCUT2D eigenvalue weighted by Gasteiger charge is 2.28. The fourth-order valence-corrected chi connectivity index (χ4v) is 3.49. The van der Waals surface area contributed by atoms with Crippen LogP contribution in [0.25, 0.3) is 0 Å². The van der Waals surface area contributed by atoms with E-state index in [4.69, 9.17) is 9.47 Å². The Morgan fingerprint density at radius 2 is 2.21 bits per heavy atom. The molecule has 1 amide bonds. The van der Waals surface area contributed by atoms with Crippen molar-refractivity contribution in [2.45, 2.75) is 24.9 Å². The number of amides is 1. The van der Waals surface area contributed by atoms with Crippen LogP contribution >= 0.6 is 0 Å². The molecule has 1 aromatic carbocycles. The summed E-state index contributed by atoms with van der Waals surface area (Å²) in [5, 5.41) is 6.30. The van der Waals surface area contributed by atoms with Gasteiger partial charge in [-0.2, -0.15) is 0 Å². The fraction of sp³-hybridized carbons (Fsp3) is 0.611. The molecular formula is C18H27N3O3. The second-order valence-corrected chi connectivity index (χ2v) is 6.33. The van der Waals surface area contributed by atoms with Crippen molar-refractivity contribution in [1.29, 1.82) is 0 Å². The van der Waals surface area contributed by atoms with Gasteiger partial charge in [0.05, 0.1) is 26.4 Å². The number of para-hydroxylation sites is 1. The van der Waals surface area contributed by atoms with Crippen LogP contribution < -0.4 is 15.4 Å². The molecule has 2 aliphatic rings. The number of methoxy groups -OCH3 is 1. The van der Waals surface area contributed by atoms with Crippen molar-refractivity contribution < 1.29 is 14.3 Å². The second kappa shape index (κ2) is 8.46. The van der Waals surface area contributed by atoms with Gasteiger partial charge in [0.25, 0.3) is 0 Å². The molecule has 2 saturated heterocycles. The van der Waals surface area contributed by atoms with Gasteiger partial charge in [0.2, 0.25) is 5.91 Å². The zero-order chi connectivity index (χ0) is 16.8. The summed E-state index contributed by atoms with van der Waals surface area (Å²) in [4.78, 5) is 14.8. The zero-order valence-electron chi connectivity index (χ0n) is 14.3. The third kappa shape index (κ3) is 4.06. The molecule has 0 aromatic heterocycles. The highest BCUT2D eigenvalue weighted by atomic mass is 16.5. The quantitative estimate of drug-likeness (QED) is 0.811.